The minimum absolute atomic E-state index is 0.330. The lowest BCUT2D eigenvalue weighted by Gasteiger charge is -2.02. The first-order valence-corrected chi connectivity index (χ1v) is 7.51. The Balaban J connectivity index is 2.17. The second-order valence-corrected chi connectivity index (χ2v) is 5.83. The van der Waals surface area contributed by atoms with Crippen LogP contribution < -0.4 is 0 Å². The largest absolute Gasteiger partial charge is 0.478 e. The Labute approximate surface area is 127 Å². The maximum atomic E-state index is 11.6. The van der Waals surface area contributed by atoms with Crippen LogP contribution in [0.2, 0.25) is 0 Å². The van der Waals surface area contributed by atoms with Crippen molar-refractivity contribution in [3.05, 3.63) is 70.6 Å². The summed E-state index contributed by atoms with van der Waals surface area (Å²) in [7, 11) is 0. The summed E-state index contributed by atoms with van der Waals surface area (Å²) in [5, 5.41) is 12.5. The average molecular weight is 294 g/mol. The molecule has 3 rings (SSSR count). The molecule has 1 N–H and O–H groups in total. The van der Waals surface area contributed by atoms with Crippen LogP contribution in [0.5, 0.6) is 0 Å². The molecule has 1 aromatic heterocycles. The molecule has 0 atom stereocenters. The average Bonchev–Trinajstić information content (AvgIpc) is 2.88. The molecule has 104 valence electrons. The van der Waals surface area contributed by atoms with E-state index in [1.807, 2.05) is 54.8 Å². The molecule has 3 aromatic rings. The van der Waals surface area contributed by atoms with Gasteiger partial charge in [-0.15, -0.1) is 11.3 Å². The van der Waals surface area contributed by atoms with Crippen molar-refractivity contribution in [3.8, 4) is 0 Å². The monoisotopic (exact) mass is 294 g/mol. The van der Waals surface area contributed by atoms with E-state index in [1.165, 1.54) is 5.56 Å². The lowest BCUT2D eigenvalue weighted by atomic mass is 10.0. The van der Waals surface area contributed by atoms with Gasteiger partial charge in [0.05, 0.1) is 5.57 Å². The number of rotatable bonds is 3. The molecule has 0 aliphatic heterocycles. The number of hydrogen-bond acceptors (Lipinski definition) is 2. The fraction of sp³-hybridized carbons (Fsp3) is 0.0556. The molecule has 0 amide bonds. The summed E-state index contributed by atoms with van der Waals surface area (Å²) in [5.74, 6) is -0.904. The molecule has 2 nitrogen and oxygen atoms in total. The van der Waals surface area contributed by atoms with Gasteiger partial charge in [0.15, 0.2) is 0 Å². The van der Waals surface area contributed by atoms with Crippen LogP contribution in [0.4, 0.5) is 0 Å². The van der Waals surface area contributed by atoms with Crippen molar-refractivity contribution in [2.24, 2.45) is 0 Å². The normalized spacial score (nSPS) is 11.8. The number of fused-ring (bicyclic) bond motifs is 1. The lowest BCUT2D eigenvalue weighted by molar-refractivity contribution is -0.130. The van der Waals surface area contributed by atoms with Gasteiger partial charge in [-0.05, 0) is 30.2 Å². The summed E-state index contributed by atoms with van der Waals surface area (Å²) >= 11 is 1.58. The summed E-state index contributed by atoms with van der Waals surface area (Å²) < 4.78 is 1.12. The molecule has 0 saturated heterocycles. The number of aliphatic carboxylic acids is 1. The van der Waals surface area contributed by atoms with E-state index in [9.17, 15) is 9.90 Å². The predicted molar refractivity (Wildman–Crippen MR) is 88.5 cm³/mol. The highest BCUT2D eigenvalue weighted by molar-refractivity contribution is 7.17. The zero-order chi connectivity index (χ0) is 14.8. The van der Waals surface area contributed by atoms with E-state index in [1.54, 1.807) is 17.4 Å². The van der Waals surface area contributed by atoms with Crippen molar-refractivity contribution in [1.29, 1.82) is 0 Å². The Hall–Kier alpha value is -2.39. The van der Waals surface area contributed by atoms with Gasteiger partial charge in [-0.2, -0.15) is 0 Å². The van der Waals surface area contributed by atoms with E-state index in [0.29, 0.717) is 5.57 Å². The standard InChI is InChI=1S/C18H14O2S/c1-12-7-8-14-16(11-21-17(14)9-12)15(18(19)20)10-13-5-3-2-4-6-13/h2-11H,1H3,(H,19,20)/b15-10+. The molecule has 1 heterocycles. The number of hydrogen-bond donors (Lipinski definition) is 1. The van der Waals surface area contributed by atoms with Crippen LogP contribution in [-0.2, 0) is 4.79 Å². The minimum atomic E-state index is -0.904. The highest BCUT2D eigenvalue weighted by Crippen LogP contribution is 2.32. The van der Waals surface area contributed by atoms with Crippen molar-refractivity contribution >= 4 is 39.0 Å². The summed E-state index contributed by atoms with van der Waals surface area (Å²) in [5.41, 5.74) is 3.18. The first-order valence-electron chi connectivity index (χ1n) is 6.63. The topological polar surface area (TPSA) is 37.3 Å². The van der Waals surface area contributed by atoms with Gasteiger partial charge in [0, 0.05) is 21.0 Å². The second-order valence-electron chi connectivity index (χ2n) is 4.92. The summed E-state index contributed by atoms with van der Waals surface area (Å²) in [6, 6.07) is 15.6. The van der Waals surface area contributed by atoms with Crippen molar-refractivity contribution < 1.29 is 9.90 Å². The molecular weight excluding hydrogens is 280 g/mol. The van der Waals surface area contributed by atoms with Crippen LogP contribution >= 0.6 is 11.3 Å². The SMILES string of the molecule is Cc1ccc2c(/C(=C\c3ccccc3)C(=O)O)csc2c1. The molecule has 21 heavy (non-hydrogen) atoms. The van der Waals surface area contributed by atoms with Gasteiger partial charge in [-0.3, -0.25) is 0 Å². The Kier molecular flexibility index (Phi) is 3.59. The summed E-state index contributed by atoms with van der Waals surface area (Å²) in [6.07, 6.45) is 1.73. The fourth-order valence-electron chi connectivity index (χ4n) is 2.31. The molecule has 0 spiro atoms. The van der Waals surface area contributed by atoms with E-state index >= 15 is 0 Å². The Morgan fingerprint density at radius 3 is 2.62 bits per heavy atom. The van der Waals surface area contributed by atoms with Gasteiger partial charge in [0.1, 0.15) is 0 Å². The Morgan fingerprint density at radius 1 is 1.14 bits per heavy atom. The van der Waals surface area contributed by atoms with Crippen LogP contribution in [0.3, 0.4) is 0 Å². The smallest absolute Gasteiger partial charge is 0.336 e. The van der Waals surface area contributed by atoms with Crippen LogP contribution in [0.1, 0.15) is 16.7 Å². The number of thiophene rings is 1. The number of aryl methyl sites for hydroxylation is 1. The van der Waals surface area contributed by atoms with E-state index in [4.69, 9.17) is 0 Å². The molecule has 0 aliphatic rings. The first-order chi connectivity index (χ1) is 10.1. The molecular formula is C18H14O2S. The highest BCUT2D eigenvalue weighted by Gasteiger charge is 2.15. The molecule has 0 unspecified atom stereocenters. The first kappa shape index (κ1) is 13.6. The summed E-state index contributed by atoms with van der Waals surface area (Å²) in [6.45, 7) is 2.04. The predicted octanol–water partition coefficient (Wildman–Crippen LogP) is 4.83. The molecule has 0 saturated carbocycles. The number of benzene rings is 2. The third-order valence-electron chi connectivity index (χ3n) is 3.36. The van der Waals surface area contributed by atoms with Gasteiger partial charge in [-0.25, -0.2) is 4.79 Å². The fourth-order valence-corrected chi connectivity index (χ4v) is 3.37. The quantitative estimate of drug-likeness (QED) is 0.702. The van der Waals surface area contributed by atoms with Gasteiger partial charge < -0.3 is 5.11 Å². The molecule has 0 fully saturated rings. The second kappa shape index (κ2) is 5.54. The third-order valence-corrected chi connectivity index (χ3v) is 4.31. The van der Waals surface area contributed by atoms with Crippen LogP contribution in [-0.4, -0.2) is 11.1 Å². The van der Waals surface area contributed by atoms with E-state index in [0.717, 1.165) is 21.2 Å². The Bertz CT molecular complexity index is 829. The molecule has 2 aromatic carbocycles. The number of carbonyl (C=O) groups is 1. The van der Waals surface area contributed by atoms with Gasteiger partial charge in [0.2, 0.25) is 0 Å². The number of carboxylic acids is 1. The maximum absolute atomic E-state index is 11.6. The van der Waals surface area contributed by atoms with Gasteiger partial charge in [-0.1, -0.05) is 42.5 Å². The van der Waals surface area contributed by atoms with Crippen LogP contribution in [0.15, 0.2) is 53.9 Å². The third kappa shape index (κ3) is 2.73. The lowest BCUT2D eigenvalue weighted by Crippen LogP contribution is -1.98. The van der Waals surface area contributed by atoms with Crippen molar-refractivity contribution in [1.82, 2.24) is 0 Å². The maximum Gasteiger partial charge on any atom is 0.336 e. The van der Waals surface area contributed by atoms with Crippen molar-refractivity contribution in [2.45, 2.75) is 6.92 Å². The van der Waals surface area contributed by atoms with Gasteiger partial charge >= 0.3 is 5.97 Å². The van der Waals surface area contributed by atoms with Crippen LogP contribution in [0, 0.1) is 6.92 Å². The van der Waals surface area contributed by atoms with Crippen LogP contribution in [0.25, 0.3) is 21.7 Å². The summed E-state index contributed by atoms with van der Waals surface area (Å²) in [4.78, 5) is 11.6. The van der Waals surface area contributed by atoms with E-state index in [2.05, 4.69) is 6.07 Å². The van der Waals surface area contributed by atoms with Gasteiger partial charge in [0.25, 0.3) is 0 Å². The number of carboxylic acid groups (broad SMARTS) is 1. The van der Waals surface area contributed by atoms with Crippen molar-refractivity contribution in [2.75, 3.05) is 0 Å². The van der Waals surface area contributed by atoms with Crippen molar-refractivity contribution in [3.63, 3.8) is 0 Å². The zero-order valence-electron chi connectivity index (χ0n) is 11.5. The molecule has 0 bridgehead atoms. The van der Waals surface area contributed by atoms with E-state index in [-0.39, 0.29) is 0 Å². The molecule has 0 aliphatic carbocycles. The minimum Gasteiger partial charge on any atom is -0.478 e. The molecule has 0 radical (unpaired) electrons. The zero-order valence-corrected chi connectivity index (χ0v) is 12.4. The Morgan fingerprint density at radius 2 is 1.90 bits per heavy atom. The van der Waals surface area contributed by atoms with E-state index < -0.39 is 5.97 Å². The highest BCUT2D eigenvalue weighted by atomic mass is 32.1. The molecule has 3 heteroatoms.